The monoisotopic (exact) mass is 333 g/mol. The van der Waals surface area contributed by atoms with Gasteiger partial charge in [-0.15, -0.1) is 0 Å². The molecule has 1 heterocycles. The van der Waals surface area contributed by atoms with Crippen molar-refractivity contribution < 1.29 is 23.1 Å². The molecule has 0 saturated heterocycles. The third-order valence-electron chi connectivity index (χ3n) is 3.62. The van der Waals surface area contributed by atoms with Crippen molar-refractivity contribution >= 4 is 16.0 Å². The largest absolute Gasteiger partial charge is 0.480 e. The highest BCUT2D eigenvalue weighted by molar-refractivity contribution is 7.89. The molecule has 120 valence electrons. The zero-order valence-electron chi connectivity index (χ0n) is 12.3. The topological polar surface area (TPSA) is 92.7 Å². The van der Waals surface area contributed by atoms with Crippen LogP contribution in [0, 0.1) is 0 Å². The lowest BCUT2D eigenvalue weighted by Crippen LogP contribution is -2.38. The molecule has 0 bridgehead atoms. The van der Waals surface area contributed by atoms with E-state index in [1.807, 2.05) is 24.3 Å². The van der Waals surface area contributed by atoms with Crippen LogP contribution in [0.2, 0.25) is 0 Å². The predicted molar refractivity (Wildman–Crippen MR) is 83.2 cm³/mol. The van der Waals surface area contributed by atoms with Gasteiger partial charge in [-0.3, -0.25) is 4.79 Å². The molecule has 1 aliphatic heterocycles. The summed E-state index contributed by atoms with van der Waals surface area (Å²) in [7, 11) is -3.90. The number of sulfonamides is 1. The van der Waals surface area contributed by atoms with Crippen LogP contribution in [-0.2, 0) is 21.2 Å². The van der Waals surface area contributed by atoms with E-state index in [4.69, 9.17) is 9.84 Å². The Bertz CT molecular complexity index is 876. The van der Waals surface area contributed by atoms with Gasteiger partial charge in [0.05, 0.1) is 4.90 Å². The summed E-state index contributed by atoms with van der Waals surface area (Å²) in [5.41, 5.74) is 1.72. The van der Waals surface area contributed by atoms with Crippen molar-refractivity contribution in [3.63, 3.8) is 0 Å². The summed E-state index contributed by atoms with van der Waals surface area (Å²) in [5.74, 6) is 0.131. The first-order valence-corrected chi connectivity index (χ1v) is 8.49. The van der Waals surface area contributed by atoms with Crippen LogP contribution >= 0.6 is 0 Å². The van der Waals surface area contributed by atoms with Gasteiger partial charge in [-0.2, -0.15) is 4.72 Å². The van der Waals surface area contributed by atoms with E-state index in [0.29, 0.717) is 12.2 Å². The van der Waals surface area contributed by atoms with Crippen LogP contribution in [0.5, 0.6) is 11.5 Å². The maximum Gasteiger partial charge on any atom is 0.321 e. The van der Waals surface area contributed by atoms with Crippen LogP contribution in [0.15, 0.2) is 47.4 Å². The van der Waals surface area contributed by atoms with Gasteiger partial charge >= 0.3 is 5.97 Å². The van der Waals surface area contributed by atoms with Gasteiger partial charge in [0.2, 0.25) is 10.0 Å². The zero-order valence-corrected chi connectivity index (χ0v) is 13.1. The summed E-state index contributed by atoms with van der Waals surface area (Å²) in [6.07, 6.45) is 0.559. The maximum atomic E-state index is 12.3. The van der Waals surface area contributed by atoms with Gasteiger partial charge in [0.1, 0.15) is 17.5 Å². The molecule has 2 aromatic rings. The van der Waals surface area contributed by atoms with Crippen LogP contribution in [0.25, 0.3) is 0 Å². The number of hydrogen-bond acceptors (Lipinski definition) is 4. The minimum Gasteiger partial charge on any atom is -0.480 e. The lowest BCUT2D eigenvalue weighted by atomic mass is 10.0. The average molecular weight is 333 g/mol. The Kier molecular flexibility index (Phi) is 3.83. The van der Waals surface area contributed by atoms with Crippen molar-refractivity contribution in [1.82, 2.24) is 4.72 Å². The van der Waals surface area contributed by atoms with E-state index in [1.54, 1.807) is 6.07 Å². The minimum absolute atomic E-state index is 0.0207. The minimum atomic E-state index is -3.90. The third-order valence-corrected chi connectivity index (χ3v) is 5.16. The number of para-hydroxylation sites is 1. The summed E-state index contributed by atoms with van der Waals surface area (Å²) in [6, 6.07) is 10.9. The molecule has 3 rings (SSSR count). The number of hydrogen-bond donors (Lipinski definition) is 2. The second-order valence-corrected chi connectivity index (χ2v) is 7.05. The molecule has 0 unspecified atom stereocenters. The highest BCUT2D eigenvalue weighted by atomic mass is 32.2. The molecule has 6 nitrogen and oxygen atoms in total. The Morgan fingerprint density at radius 3 is 2.61 bits per heavy atom. The SMILES string of the molecule is C[C@@H](NS(=O)(=O)c1ccc2c(c1)Cc1ccccc1O2)C(=O)O. The fourth-order valence-corrected chi connectivity index (χ4v) is 3.63. The molecular formula is C16H15NO5S. The van der Waals surface area contributed by atoms with E-state index >= 15 is 0 Å². The molecule has 0 aromatic heterocycles. The van der Waals surface area contributed by atoms with Crippen LogP contribution in [-0.4, -0.2) is 25.5 Å². The summed E-state index contributed by atoms with van der Waals surface area (Å²) in [5, 5.41) is 8.85. The Labute approximate surface area is 133 Å². The van der Waals surface area contributed by atoms with E-state index < -0.39 is 22.0 Å². The summed E-state index contributed by atoms with van der Waals surface area (Å²) in [6.45, 7) is 1.28. The van der Waals surface area contributed by atoms with Crippen LogP contribution in [0.1, 0.15) is 18.1 Å². The first kappa shape index (κ1) is 15.5. The molecule has 0 aliphatic carbocycles. The highest BCUT2D eigenvalue weighted by Gasteiger charge is 2.24. The van der Waals surface area contributed by atoms with Gasteiger partial charge in [0, 0.05) is 12.0 Å². The molecule has 1 aliphatic rings. The van der Waals surface area contributed by atoms with Crippen molar-refractivity contribution in [3.8, 4) is 11.5 Å². The van der Waals surface area contributed by atoms with Crippen molar-refractivity contribution in [2.24, 2.45) is 0 Å². The molecule has 0 saturated carbocycles. The molecule has 23 heavy (non-hydrogen) atoms. The Morgan fingerprint density at radius 1 is 1.17 bits per heavy atom. The van der Waals surface area contributed by atoms with Gasteiger partial charge in [-0.05, 0) is 36.8 Å². The zero-order chi connectivity index (χ0) is 16.6. The normalized spacial score (nSPS) is 14.3. The number of carboxylic acid groups (broad SMARTS) is 1. The average Bonchev–Trinajstić information content (AvgIpc) is 2.51. The smallest absolute Gasteiger partial charge is 0.321 e. The van der Waals surface area contributed by atoms with E-state index in [2.05, 4.69) is 4.72 Å². The number of carboxylic acids is 1. The molecule has 0 fully saturated rings. The molecule has 2 aromatic carbocycles. The van der Waals surface area contributed by atoms with Gasteiger partial charge < -0.3 is 9.84 Å². The standard InChI is InChI=1S/C16H15NO5S/c1-10(16(18)19)17-23(20,21)13-6-7-15-12(9-13)8-11-4-2-3-5-14(11)22-15/h2-7,9-10,17H,8H2,1H3,(H,18,19)/t10-/m1/s1. The van der Waals surface area contributed by atoms with Crippen LogP contribution in [0.3, 0.4) is 0 Å². The Morgan fingerprint density at radius 2 is 1.87 bits per heavy atom. The second-order valence-electron chi connectivity index (χ2n) is 5.34. The lowest BCUT2D eigenvalue weighted by molar-refractivity contribution is -0.138. The Balaban J connectivity index is 1.92. The lowest BCUT2D eigenvalue weighted by Gasteiger charge is -2.21. The number of aliphatic carboxylic acids is 1. The highest BCUT2D eigenvalue weighted by Crippen LogP contribution is 2.37. The summed E-state index contributed by atoms with van der Waals surface area (Å²) < 4.78 is 32.4. The van der Waals surface area contributed by atoms with Crippen LogP contribution < -0.4 is 9.46 Å². The maximum absolute atomic E-state index is 12.3. The number of ether oxygens (including phenoxy) is 1. The van der Waals surface area contributed by atoms with E-state index in [0.717, 1.165) is 16.9 Å². The molecule has 0 spiro atoms. The number of fused-ring (bicyclic) bond motifs is 2. The fourth-order valence-electron chi connectivity index (χ4n) is 2.38. The molecule has 0 amide bonds. The third kappa shape index (κ3) is 3.06. The predicted octanol–water partition coefficient (Wildman–Crippen LogP) is 2.13. The van der Waals surface area contributed by atoms with Gasteiger partial charge in [-0.25, -0.2) is 8.42 Å². The van der Waals surface area contributed by atoms with Crippen LogP contribution in [0.4, 0.5) is 0 Å². The molecule has 0 radical (unpaired) electrons. The number of nitrogens with one attached hydrogen (secondary N) is 1. The van der Waals surface area contributed by atoms with Crippen molar-refractivity contribution in [1.29, 1.82) is 0 Å². The summed E-state index contributed by atoms with van der Waals surface area (Å²) >= 11 is 0. The van der Waals surface area contributed by atoms with Gasteiger partial charge in [-0.1, -0.05) is 18.2 Å². The first-order chi connectivity index (χ1) is 10.9. The van der Waals surface area contributed by atoms with E-state index in [-0.39, 0.29) is 4.90 Å². The number of benzene rings is 2. The van der Waals surface area contributed by atoms with E-state index in [9.17, 15) is 13.2 Å². The number of carbonyl (C=O) groups is 1. The fraction of sp³-hybridized carbons (Fsp3) is 0.188. The van der Waals surface area contributed by atoms with Gasteiger partial charge in [0.25, 0.3) is 0 Å². The second kappa shape index (κ2) is 5.68. The van der Waals surface area contributed by atoms with E-state index in [1.165, 1.54) is 19.1 Å². The van der Waals surface area contributed by atoms with Crippen molar-refractivity contribution in [2.45, 2.75) is 24.3 Å². The first-order valence-electron chi connectivity index (χ1n) is 7.00. The quantitative estimate of drug-likeness (QED) is 0.763. The molecular weight excluding hydrogens is 318 g/mol. The number of rotatable bonds is 4. The Hall–Kier alpha value is -2.38. The molecule has 2 N–H and O–H groups in total. The van der Waals surface area contributed by atoms with Crippen molar-refractivity contribution in [3.05, 3.63) is 53.6 Å². The molecule has 7 heteroatoms. The summed E-state index contributed by atoms with van der Waals surface area (Å²) in [4.78, 5) is 10.9. The van der Waals surface area contributed by atoms with Gasteiger partial charge in [0.15, 0.2) is 0 Å². The molecule has 1 atom stereocenters. The van der Waals surface area contributed by atoms with Crippen molar-refractivity contribution in [2.75, 3.05) is 0 Å².